The van der Waals surface area contributed by atoms with Crippen molar-refractivity contribution in [2.24, 2.45) is 5.92 Å². The summed E-state index contributed by atoms with van der Waals surface area (Å²) in [5, 5.41) is 10.5. The topological polar surface area (TPSA) is 53.6 Å². The van der Waals surface area contributed by atoms with E-state index in [1.165, 1.54) is 0 Å². The number of hydrogen-bond acceptors (Lipinski definition) is 3. The molecule has 2 rings (SSSR count). The summed E-state index contributed by atoms with van der Waals surface area (Å²) in [5.41, 5.74) is 0. The van der Waals surface area contributed by atoms with Gasteiger partial charge in [-0.1, -0.05) is 6.92 Å². The van der Waals surface area contributed by atoms with E-state index in [1.807, 2.05) is 6.92 Å². The Balaban J connectivity index is 2.14. The van der Waals surface area contributed by atoms with Crippen LogP contribution in [0.1, 0.15) is 30.9 Å². The van der Waals surface area contributed by atoms with E-state index in [-0.39, 0.29) is 0 Å². The lowest BCUT2D eigenvalue weighted by Crippen LogP contribution is -2.34. The van der Waals surface area contributed by atoms with Gasteiger partial charge < -0.3 is 5.32 Å². The van der Waals surface area contributed by atoms with Gasteiger partial charge in [0.25, 0.3) is 0 Å². The number of aryl methyl sites for hydroxylation is 1. The van der Waals surface area contributed by atoms with Crippen LogP contribution in [0.15, 0.2) is 0 Å². The van der Waals surface area contributed by atoms with Crippen molar-refractivity contribution in [3.63, 3.8) is 0 Å². The zero-order chi connectivity index (χ0) is 9.26. The Morgan fingerprint density at radius 3 is 2.92 bits per heavy atom. The van der Waals surface area contributed by atoms with Crippen LogP contribution in [0.2, 0.25) is 0 Å². The molecular weight excluding hydrogens is 164 g/mol. The highest BCUT2D eigenvalue weighted by molar-refractivity contribution is 5.00. The van der Waals surface area contributed by atoms with E-state index in [0.29, 0.717) is 11.8 Å². The number of nitrogens with zero attached hydrogens (tertiary/aromatic N) is 2. The summed E-state index contributed by atoms with van der Waals surface area (Å²) in [4.78, 5) is 4.39. The van der Waals surface area contributed by atoms with Crippen LogP contribution in [0, 0.1) is 12.8 Å². The predicted molar refractivity (Wildman–Crippen MR) is 50.5 cm³/mol. The third kappa shape index (κ3) is 1.72. The van der Waals surface area contributed by atoms with Crippen molar-refractivity contribution in [1.82, 2.24) is 20.5 Å². The standard InChI is InChI=1S/C9H16N4/c1-6-5-10-4-3-8(6)9-11-7(2)12-13-9/h6,8,10H,3-5H2,1-2H3,(H,11,12,13). The molecule has 0 bridgehead atoms. The molecule has 0 spiro atoms. The first kappa shape index (κ1) is 8.69. The zero-order valence-corrected chi connectivity index (χ0v) is 8.17. The Morgan fingerprint density at radius 1 is 1.46 bits per heavy atom. The molecule has 72 valence electrons. The Kier molecular flexibility index (Phi) is 2.31. The van der Waals surface area contributed by atoms with Gasteiger partial charge >= 0.3 is 0 Å². The van der Waals surface area contributed by atoms with Crippen molar-refractivity contribution >= 4 is 0 Å². The Bertz CT molecular complexity index is 281. The van der Waals surface area contributed by atoms with E-state index in [2.05, 4.69) is 27.4 Å². The van der Waals surface area contributed by atoms with Gasteiger partial charge in [-0.3, -0.25) is 5.10 Å². The largest absolute Gasteiger partial charge is 0.316 e. The van der Waals surface area contributed by atoms with Gasteiger partial charge in [-0.2, -0.15) is 5.10 Å². The van der Waals surface area contributed by atoms with Crippen LogP contribution < -0.4 is 5.32 Å². The van der Waals surface area contributed by atoms with E-state index in [0.717, 1.165) is 31.2 Å². The maximum absolute atomic E-state index is 4.39. The molecule has 0 aliphatic carbocycles. The van der Waals surface area contributed by atoms with Crippen molar-refractivity contribution in [2.75, 3.05) is 13.1 Å². The molecule has 1 fully saturated rings. The molecule has 1 aliphatic heterocycles. The van der Waals surface area contributed by atoms with Crippen LogP contribution in [-0.4, -0.2) is 28.3 Å². The van der Waals surface area contributed by atoms with E-state index in [4.69, 9.17) is 0 Å². The number of rotatable bonds is 1. The van der Waals surface area contributed by atoms with Crippen molar-refractivity contribution in [2.45, 2.75) is 26.2 Å². The van der Waals surface area contributed by atoms with E-state index in [1.54, 1.807) is 0 Å². The lowest BCUT2D eigenvalue weighted by molar-refractivity contribution is 0.338. The molecular formula is C9H16N4. The maximum Gasteiger partial charge on any atom is 0.154 e. The van der Waals surface area contributed by atoms with E-state index in [9.17, 15) is 0 Å². The first-order valence-electron chi connectivity index (χ1n) is 4.87. The minimum absolute atomic E-state index is 0.534. The predicted octanol–water partition coefficient (Wildman–Crippen LogP) is 0.826. The van der Waals surface area contributed by atoms with Crippen LogP contribution in [0.4, 0.5) is 0 Å². The highest BCUT2D eigenvalue weighted by atomic mass is 15.2. The molecule has 1 aromatic heterocycles. The maximum atomic E-state index is 4.39. The molecule has 0 saturated carbocycles. The van der Waals surface area contributed by atoms with Crippen LogP contribution in [0.5, 0.6) is 0 Å². The first-order valence-corrected chi connectivity index (χ1v) is 4.87. The Hall–Kier alpha value is -0.900. The van der Waals surface area contributed by atoms with Gasteiger partial charge in [-0.15, -0.1) is 0 Å². The molecule has 2 unspecified atom stereocenters. The third-order valence-electron chi connectivity index (χ3n) is 2.73. The van der Waals surface area contributed by atoms with Crippen molar-refractivity contribution in [3.8, 4) is 0 Å². The monoisotopic (exact) mass is 180 g/mol. The molecule has 4 nitrogen and oxygen atoms in total. The molecule has 1 saturated heterocycles. The fourth-order valence-corrected chi connectivity index (χ4v) is 1.92. The lowest BCUT2D eigenvalue weighted by Gasteiger charge is -2.27. The molecule has 2 N–H and O–H groups in total. The Morgan fingerprint density at radius 2 is 2.31 bits per heavy atom. The summed E-state index contributed by atoms with van der Waals surface area (Å²) < 4.78 is 0. The average Bonchev–Trinajstić information content (AvgIpc) is 2.53. The fourth-order valence-electron chi connectivity index (χ4n) is 1.92. The summed E-state index contributed by atoms with van der Waals surface area (Å²) in [6.45, 7) is 6.37. The van der Waals surface area contributed by atoms with Crippen LogP contribution >= 0.6 is 0 Å². The van der Waals surface area contributed by atoms with Crippen LogP contribution in [0.25, 0.3) is 0 Å². The van der Waals surface area contributed by atoms with Crippen molar-refractivity contribution in [1.29, 1.82) is 0 Å². The summed E-state index contributed by atoms with van der Waals surface area (Å²) in [6, 6.07) is 0. The quantitative estimate of drug-likeness (QED) is 0.673. The van der Waals surface area contributed by atoms with Crippen molar-refractivity contribution < 1.29 is 0 Å². The number of aromatic amines is 1. The second-order valence-corrected chi connectivity index (χ2v) is 3.86. The third-order valence-corrected chi connectivity index (χ3v) is 2.73. The van der Waals surface area contributed by atoms with Gasteiger partial charge in [0.1, 0.15) is 5.82 Å². The minimum atomic E-state index is 0.534. The summed E-state index contributed by atoms with van der Waals surface area (Å²) in [6.07, 6.45) is 1.15. The summed E-state index contributed by atoms with van der Waals surface area (Å²) in [7, 11) is 0. The normalized spacial score (nSPS) is 29.1. The number of nitrogens with one attached hydrogen (secondary N) is 2. The summed E-state index contributed by atoms with van der Waals surface area (Å²) in [5.74, 6) is 3.09. The molecule has 1 aliphatic rings. The molecule has 0 amide bonds. The van der Waals surface area contributed by atoms with Gasteiger partial charge in [0.05, 0.1) is 0 Å². The zero-order valence-electron chi connectivity index (χ0n) is 8.17. The molecule has 2 heterocycles. The number of H-pyrrole nitrogens is 1. The average molecular weight is 180 g/mol. The lowest BCUT2D eigenvalue weighted by atomic mass is 9.87. The van der Waals surface area contributed by atoms with Crippen molar-refractivity contribution in [3.05, 3.63) is 11.6 Å². The molecule has 4 heteroatoms. The fraction of sp³-hybridized carbons (Fsp3) is 0.778. The van der Waals surface area contributed by atoms with E-state index < -0.39 is 0 Å². The first-order chi connectivity index (χ1) is 6.27. The van der Waals surface area contributed by atoms with E-state index >= 15 is 0 Å². The van der Waals surface area contributed by atoms with Crippen LogP contribution in [-0.2, 0) is 0 Å². The number of aromatic nitrogens is 3. The second kappa shape index (κ2) is 3.46. The molecule has 0 aromatic carbocycles. The van der Waals surface area contributed by atoms with Crippen LogP contribution in [0.3, 0.4) is 0 Å². The molecule has 13 heavy (non-hydrogen) atoms. The highest BCUT2D eigenvalue weighted by Crippen LogP contribution is 2.26. The molecule has 2 atom stereocenters. The smallest absolute Gasteiger partial charge is 0.154 e. The number of piperidine rings is 1. The van der Waals surface area contributed by atoms with Gasteiger partial charge in [0.15, 0.2) is 5.82 Å². The van der Waals surface area contributed by atoms with Gasteiger partial charge in [-0.25, -0.2) is 4.98 Å². The molecule has 0 radical (unpaired) electrons. The Labute approximate surface area is 78.1 Å². The highest BCUT2D eigenvalue weighted by Gasteiger charge is 2.25. The number of hydrogen-bond donors (Lipinski definition) is 2. The minimum Gasteiger partial charge on any atom is -0.316 e. The van der Waals surface area contributed by atoms with Gasteiger partial charge in [-0.05, 0) is 32.4 Å². The summed E-state index contributed by atoms with van der Waals surface area (Å²) >= 11 is 0. The molecule has 1 aromatic rings. The second-order valence-electron chi connectivity index (χ2n) is 3.86. The van der Waals surface area contributed by atoms with Gasteiger partial charge in [0.2, 0.25) is 0 Å². The van der Waals surface area contributed by atoms with Gasteiger partial charge in [0, 0.05) is 5.92 Å². The SMILES string of the molecule is Cc1nc(C2CCNCC2C)n[nH]1.